The molecule has 1 N–H and O–H groups in total. The molecule has 0 saturated heterocycles. The number of halogens is 2. The maximum Gasteiger partial charge on any atom is 0.341 e. The summed E-state index contributed by atoms with van der Waals surface area (Å²) in [6.45, 7) is 5.49. The maximum absolute atomic E-state index is 13.6. The van der Waals surface area contributed by atoms with E-state index in [2.05, 4.69) is 19.2 Å². The molecule has 0 spiro atoms. The van der Waals surface area contributed by atoms with Crippen molar-refractivity contribution < 1.29 is 23.1 Å². The summed E-state index contributed by atoms with van der Waals surface area (Å²) in [5.74, 6) is -3.05. The van der Waals surface area contributed by atoms with Crippen molar-refractivity contribution in [2.75, 3.05) is 5.32 Å². The minimum Gasteiger partial charge on any atom is -0.449 e. The standard InChI is InChI=1S/C19H19F2NO3/c1-11(2)13-4-7-15(8-5-13)22-18(23)12(3)25-19(24)16-9-6-14(20)10-17(16)21/h4-12H,1-3H3,(H,22,23)/t12-/m1/s1. The van der Waals surface area contributed by atoms with E-state index in [9.17, 15) is 18.4 Å². The van der Waals surface area contributed by atoms with E-state index in [1.54, 1.807) is 12.1 Å². The first-order valence-electron chi connectivity index (χ1n) is 7.84. The third kappa shape index (κ3) is 4.86. The average molecular weight is 347 g/mol. The number of carbonyl (C=O) groups excluding carboxylic acids is 2. The van der Waals surface area contributed by atoms with E-state index < -0.39 is 35.2 Å². The smallest absolute Gasteiger partial charge is 0.341 e. The molecule has 0 fully saturated rings. The summed E-state index contributed by atoms with van der Waals surface area (Å²) in [5, 5.41) is 2.62. The zero-order valence-corrected chi connectivity index (χ0v) is 14.2. The van der Waals surface area contributed by atoms with Gasteiger partial charge in [0.05, 0.1) is 5.56 Å². The second kappa shape index (κ2) is 7.88. The normalized spacial score (nSPS) is 11.9. The van der Waals surface area contributed by atoms with E-state index in [1.807, 2.05) is 12.1 Å². The third-order valence-electron chi connectivity index (χ3n) is 3.65. The van der Waals surface area contributed by atoms with Crippen LogP contribution in [0.1, 0.15) is 42.6 Å². The largest absolute Gasteiger partial charge is 0.449 e. The topological polar surface area (TPSA) is 55.4 Å². The van der Waals surface area contributed by atoms with E-state index >= 15 is 0 Å². The van der Waals surface area contributed by atoms with E-state index in [1.165, 1.54) is 6.92 Å². The Hall–Kier alpha value is -2.76. The van der Waals surface area contributed by atoms with Crippen molar-refractivity contribution in [3.05, 3.63) is 65.2 Å². The van der Waals surface area contributed by atoms with Gasteiger partial charge in [0, 0.05) is 11.8 Å². The molecule has 0 bridgehead atoms. The van der Waals surface area contributed by atoms with Gasteiger partial charge in [0.25, 0.3) is 5.91 Å². The molecule has 6 heteroatoms. The highest BCUT2D eigenvalue weighted by molar-refractivity contribution is 5.97. The van der Waals surface area contributed by atoms with Gasteiger partial charge in [-0.3, -0.25) is 4.79 Å². The molecular formula is C19H19F2NO3. The van der Waals surface area contributed by atoms with E-state index in [0.29, 0.717) is 17.7 Å². The van der Waals surface area contributed by atoms with Gasteiger partial charge in [-0.25, -0.2) is 13.6 Å². The predicted octanol–water partition coefficient (Wildman–Crippen LogP) is 4.27. The van der Waals surface area contributed by atoms with Crippen molar-refractivity contribution in [1.82, 2.24) is 0 Å². The van der Waals surface area contributed by atoms with Crippen LogP contribution in [-0.2, 0) is 9.53 Å². The van der Waals surface area contributed by atoms with Crippen molar-refractivity contribution in [2.45, 2.75) is 32.8 Å². The number of ether oxygens (including phenoxy) is 1. The Morgan fingerprint density at radius 2 is 1.64 bits per heavy atom. The van der Waals surface area contributed by atoms with Crippen LogP contribution in [0.4, 0.5) is 14.5 Å². The van der Waals surface area contributed by atoms with Crippen molar-refractivity contribution in [3.8, 4) is 0 Å². The molecule has 25 heavy (non-hydrogen) atoms. The highest BCUT2D eigenvalue weighted by atomic mass is 19.1. The zero-order valence-electron chi connectivity index (χ0n) is 14.2. The van der Waals surface area contributed by atoms with Crippen molar-refractivity contribution in [2.24, 2.45) is 0 Å². The molecule has 0 radical (unpaired) electrons. The average Bonchev–Trinajstić information content (AvgIpc) is 2.55. The lowest BCUT2D eigenvalue weighted by Crippen LogP contribution is -2.30. The number of rotatable bonds is 5. The third-order valence-corrected chi connectivity index (χ3v) is 3.65. The number of benzene rings is 2. The summed E-state index contributed by atoms with van der Waals surface area (Å²) in [6, 6.07) is 9.79. The molecular weight excluding hydrogens is 328 g/mol. The van der Waals surface area contributed by atoms with Crippen LogP contribution >= 0.6 is 0 Å². The Morgan fingerprint density at radius 1 is 1.00 bits per heavy atom. The molecule has 132 valence electrons. The first-order chi connectivity index (χ1) is 11.8. The van der Waals surface area contributed by atoms with Crippen LogP contribution < -0.4 is 5.32 Å². The predicted molar refractivity (Wildman–Crippen MR) is 90.4 cm³/mol. The Balaban J connectivity index is 1.98. The molecule has 0 aliphatic heterocycles. The van der Waals surface area contributed by atoms with Gasteiger partial charge < -0.3 is 10.1 Å². The van der Waals surface area contributed by atoms with Gasteiger partial charge in [-0.1, -0.05) is 26.0 Å². The SMILES string of the molecule is CC(C)c1ccc(NC(=O)[C@@H](C)OC(=O)c2ccc(F)cc2F)cc1. The summed E-state index contributed by atoms with van der Waals surface area (Å²) in [4.78, 5) is 24.0. The number of nitrogens with one attached hydrogen (secondary N) is 1. The number of hydrogen-bond donors (Lipinski definition) is 1. The number of carbonyl (C=O) groups is 2. The fourth-order valence-electron chi connectivity index (χ4n) is 2.13. The van der Waals surface area contributed by atoms with Crippen molar-refractivity contribution in [1.29, 1.82) is 0 Å². The molecule has 0 unspecified atom stereocenters. The lowest BCUT2D eigenvalue weighted by molar-refractivity contribution is -0.123. The second-order valence-corrected chi connectivity index (χ2v) is 5.94. The van der Waals surface area contributed by atoms with Crippen molar-refractivity contribution in [3.63, 3.8) is 0 Å². The number of amides is 1. The first kappa shape index (κ1) is 18.6. The monoisotopic (exact) mass is 347 g/mol. The van der Waals surface area contributed by atoms with Crippen LogP contribution in [0.15, 0.2) is 42.5 Å². The molecule has 0 saturated carbocycles. The lowest BCUT2D eigenvalue weighted by Gasteiger charge is -2.14. The van der Waals surface area contributed by atoms with Crippen LogP contribution in [-0.4, -0.2) is 18.0 Å². The molecule has 0 heterocycles. The first-order valence-corrected chi connectivity index (χ1v) is 7.84. The van der Waals surface area contributed by atoms with Gasteiger partial charge in [-0.05, 0) is 42.7 Å². The molecule has 4 nitrogen and oxygen atoms in total. The zero-order chi connectivity index (χ0) is 18.6. The highest BCUT2D eigenvalue weighted by Gasteiger charge is 2.21. The summed E-state index contributed by atoms with van der Waals surface area (Å²) < 4.78 is 31.4. The van der Waals surface area contributed by atoms with Crippen molar-refractivity contribution >= 4 is 17.6 Å². The quantitative estimate of drug-likeness (QED) is 0.822. The number of esters is 1. The van der Waals surface area contributed by atoms with E-state index in [4.69, 9.17) is 4.74 Å². The molecule has 2 aromatic carbocycles. The number of anilines is 1. The number of hydrogen-bond acceptors (Lipinski definition) is 3. The maximum atomic E-state index is 13.6. The summed E-state index contributed by atoms with van der Waals surface area (Å²) in [6.07, 6.45) is -1.14. The fraction of sp³-hybridized carbons (Fsp3) is 0.263. The minimum atomic E-state index is -1.14. The van der Waals surface area contributed by atoms with Gasteiger partial charge in [0.2, 0.25) is 0 Å². The Bertz CT molecular complexity index is 773. The van der Waals surface area contributed by atoms with Crippen LogP contribution in [0, 0.1) is 11.6 Å². The summed E-state index contributed by atoms with van der Waals surface area (Å²) in [7, 11) is 0. The highest BCUT2D eigenvalue weighted by Crippen LogP contribution is 2.18. The summed E-state index contributed by atoms with van der Waals surface area (Å²) in [5.41, 5.74) is 1.26. The van der Waals surface area contributed by atoms with Gasteiger partial charge in [-0.15, -0.1) is 0 Å². The Labute approximate surface area is 144 Å². The van der Waals surface area contributed by atoms with Gasteiger partial charge in [0.1, 0.15) is 11.6 Å². The van der Waals surface area contributed by atoms with Gasteiger partial charge in [0.15, 0.2) is 6.10 Å². The molecule has 0 aliphatic carbocycles. The molecule has 2 rings (SSSR count). The molecule has 2 aromatic rings. The molecule has 0 aliphatic rings. The summed E-state index contributed by atoms with van der Waals surface area (Å²) >= 11 is 0. The Kier molecular flexibility index (Phi) is 5.85. The van der Waals surface area contributed by atoms with Gasteiger partial charge >= 0.3 is 5.97 Å². The molecule has 1 amide bonds. The van der Waals surface area contributed by atoms with Crippen LogP contribution in [0.3, 0.4) is 0 Å². The van der Waals surface area contributed by atoms with Gasteiger partial charge in [-0.2, -0.15) is 0 Å². The van der Waals surface area contributed by atoms with Crippen LogP contribution in [0.25, 0.3) is 0 Å². The molecule has 1 atom stereocenters. The fourth-order valence-corrected chi connectivity index (χ4v) is 2.13. The van der Waals surface area contributed by atoms with Crippen LogP contribution in [0.5, 0.6) is 0 Å². The van der Waals surface area contributed by atoms with E-state index in [0.717, 1.165) is 17.7 Å². The Morgan fingerprint density at radius 3 is 2.20 bits per heavy atom. The van der Waals surface area contributed by atoms with E-state index in [-0.39, 0.29) is 0 Å². The second-order valence-electron chi connectivity index (χ2n) is 5.94. The molecule has 0 aromatic heterocycles. The minimum absolute atomic E-state index is 0.371. The van der Waals surface area contributed by atoms with Crippen LogP contribution in [0.2, 0.25) is 0 Å². The lowest BCUT2D eigenvalue weighted by atomic mass is 10.0.